The number of pyridine rings is 1. The van der Waals surface area contributed by atoms with Gasteiger partial charge >= 0.3 is 0 Å². The second-order valence-corrected chi connectivity index (χ2v) is 5.61. The highest BCUT2D eigenvalue weighted by atomic mass is 15.3. The molecule has 0 spiro atoms. The molecule has 2 aliphatic heterocycles. The monoisotopic (exact) mass is 245 g/mol. The van der Waals surface area contributed by atoms with E-state index in [2.05, 4.69) is 33.8 Å². The molecule has 98 valence electrons. The predicted molar refractivity (Wildman–Crippen MR) is 73.4 cm³/mol. The van der Waals surface area contributed by atoms with Crippen LogP contribution in [0, 0.1) is 0 Å². The smallest absolute Gasteiger partial charge is 0.0572 e. The molecule has 1 aromatic rings. The molecular weight excluding hydrogens is 222 g/mol. The van der Waals surface area contributed by atoms with Gasteiger partial charge in [0.2, 0.25) is 0 Å². The summed E-state index contributed by atoms with van der Waals surface area (Å²) < 4.78 is 0. The van der Waals surface area contributed by atoms with E-state index in [9.17, 15) is 0 Å². The van der Waals surface area contributed by atoms with Crippen LogP contribution in [0.1, 0.15) is 37.9 Å². The van der Waals surface area contributed by atoms with Crippen molar-refractivity contribution in [2.75, 3.05) is 26.2 Å². The van der Waals surface area contributed by atoms with Gasteiger partial charge < -0.3 is 0 Å². The van der Waals surface area contributed by atoms with Crippen molar-refractivity contribution in [1.82, 2.24) is 14.8 Å². The van der Waals surface area contributed by atoms with E-state index >= 15 is 0 Å². The van der Waals surface area contributed by atoms with Crippen molar-refractivity contribution in [3.05, 3.63) is 30.1 Å². The summed E-state index contributed by atoms with van der Waals surface area (Å²) in [4.78, 5) is 9.79. The molecule has 0 saturated carbocycles. The molecule has 0 unspecified atom stereocenters. The number of piperazine rings is 1. The maximum absolute atomic E-state index is 4.50. The molecule has 2 aliphatic rings. The van der Waals surface area contributed by atoms with Gasteiger partial charge in [-0.05, 0) is 38.4 Å². The number of aromatic nitrogens is 1. The molecule has 1 aromatic heterocycles. The Morgan fingerprint density at radius 2 is 2.17 bits per heavy atom. The van der Waals surface area contributed by atoms with Crippen molar-refractivity contribution in [2.24, 2.45) is 0 Å². The Morgan fingerprint density at radius 3 is 3.00 bits per heavy atom. The second kappa shape index (κ2) is 5.37. The molecule has 0 radical (unpaired) electrons. The van der Waals surface area contributed by atoms with Crippen molar-refractivity contribution in [1.29, 1.82) is 0 Å². The molecule has 3 heterocycles. The summed E-state index contributed by atoms with van der Waals surface area (Å²) >= 11 is 0. The molecule has 3 rings (SSSR count). The van der Waals surface area contributed by atoms with Gasteiger partial charge in [-0.15, -0.1) is 0 Å². The summed E-state index contributed by atoms with van der Waals surface area (Å²) in [5.41, 5.74) is 1.21. The zero-order valence-corrected chi connectivity index (χ0v) is 11.3. The second-order valence-electron chi connectivity index (χ2n) is 5.61. The summed E-state index contributed by atoms with van der Waals surface area (Å²) in [5.74, 6) is 0. The van der Waals surface area contributed by atoms with Crippen LogP contribution in [-0.2, 0) is 0 Å². The van der Waals surface area contributed by atoms with Crippen molar-refractivity contribution in [3.63, 3.8) is 0 Å². The van der Waals surface area contributed by atoms with Crippen LogP contribution in [0.4, 0.5) is 0 Å². The first-order valence-corrected chi connectivity index (χ1v) is 7.23. The van der Waals surface area contributed by atoms with Crippen molar-refractivity contribution in [2.45, 2.75) is 38.3 Å². The third-order valence-corrected chi connectivity index (χ3v) is 4.53. The molecule has 18 heavy (non-hydrogen) atoms. The van der Waals surface area contributed by atoms with E-state index in [1.165, 1.54) is 51.1 Å². The van der Waals surface area contributed by atoms with Crippen LogP contribution in [0.3, 0.4) is 0 Å². The molecule has 2 fully saturated rings. The van der Waals surface area contributed by atoms with E-state index in [1.54, 1.807) is 0 Å². The third kappa shape index (κ3) is 2.43. The molecule has 0 bridgehead atoms. The molecule has 2 atom stereocenters. The Bertz CT molecular complexity index is 379. The van der Waals surface area contributed by atoms with Crippen LogP contribution in [0.5, 0.6) is 0 Å². The van der Waals surface area contributed by atoms with Gasteiger partial charge in [0.25, 0.3) is 0 Å². The van der Waals surface area contributed by atoms with Gasteiger partial charge in [0.05, 0.1) is 5.69 Å². The number of hydrogen-bond donors (Lipinski definition) is 0. The minimum atomic E-state index is 0.454. The lowest BCUT2D eigenvalue weighted by atomic mass is 9.98. The average Bonchev–Trinajstić information content (AvgIpc) is 2.47. The van der Waals surface area contributed by atoms with Gasteiger partial charge in [0, 0.05) is 37.9 Å². The first-order chi connectivity index (χ1) is 8.84. The molecule has 0 aromatic carbocycles. The van der Waals surface area contributed by atoms with Crippen LogP contribution in [-0.4, -0.2) is 47.0 Å². The molecule has 0 aliphatic carbocycles. The zero-order valence-electron chi connectivity index (χ0n) is 11.3. The lowest BCUT2D eigenvalue weighted by molar-refractivity contribution is 0.0299. The fourth-order valence-corrected chi connectivity index (χ4v) is 3.34. The lowest BCUT2D eigenvalue weighted by Crippen LogP contribution is -2.55. The highest BCUT2D eigenvalue weighted by Crippen LogP contribution is 2.26. The summed E-state index contributed by atoms with van der Waals surface area (Å²) in [6, 6.07) is 7.48. The largest absolute Gasteiger partial charge is 0.298 e. The van der Waals surface area contributed by atoms with Crippen LogP contribution >= 0.6 is 0 Å². The fourth-order valence-electron chi connectivity index (χ4n) is 3.34. The Balaban J connectivity index is 1.67. The SMILES string of the molecule is C[C@H](c1ccccn1)N1CCN2CCCC[C@H]2C1. The number of fused-ring (bicyclic) bond motifs is 1. The Labute approximate surface area is 110 Å². The summed E-state index contributed by atoms with van der Waals surface area (Å²) in [6.45, 7) is 7.26. The number of nitrogens with zero attached hydrogens (tertiary/aromatic N) is 3. The summed E-state index contributed by atoms with van der Waals surface area (Å²) in [7, 11) is 0. The topological polar surface area (TPSA) is 19.4 Å². The average molecular weight is 245 g/mol. The number of rotatable bonds is 2. The van der Waals surface area contributed by atoms with Crippen molar-refractivity contribution in [3.8, 4) is 0 Å². The van der Waals surface area contributed by atoms with Gasteiger partial charge in [0.15, 0.2) is 0 Å². The van der Waals surface area contributed by atoms with Gasteiger partial charge in [0.1, 0.15) is 0 Å². The standard InChI is InChI=1S/C15H23N3/c1-13(15-7-2-4-8-16-15)18-11-10-17-9-5-3-6-14(17)12-18/h2,4,7-8,13-14H,3,5-6,9-12H2,1H3/t13-,14+/m1/s1. The summed E-state index contributed by atoms with van der Waals surface area (Å²) in [6.07, 6.45) is 6.09. The maximum Gasteiger partial charge on any atom is 0.0572 e. The van der Waals surface area contributed by atoms with Crippen molar-refractivity contribution < 1.29 is 0 Å². The highest BCUT2D eigenvalue weighted by molar-refractivity contribution is 5.08. The van der Waals surface area contributed by atoms with Gasteiger partial charge in [-0.2, -0.15) is 0 Å². The lowest BCUT2D eigenvalue weighted by Gasteiger charge is -2.45. The van der Waals surface area contributed by atoms with E-state index < -0.39 is 0 Å². The zero-order chi connectivity index (χ0) is 12.4. The van der Waals surface area contributed by atoms with Crippen LogP contribution in [0.2, 0.25) is 0 Å². The first-order valence-electron chi connectivity index (χ1n) is 7.23. The van der Waals surface area contributed by atoms with Crippen LogP contribution in [0.25, 0.3) is 0 Å². The van der Waals surface area contributed by atoms with E-state index in [0.717, 1.165) is 6.04 Å². The van der Waals surface area contributed by atoms with E-state index in [4.69, 9.17) is 0 Å². The quantitative estimate of drug-likeness (QED) is 0.797. The van der Waals surface area contributed by atoms with E-state index in [-0.39, 0.29) is 0 Å². The Morgan fingerprint density at radius 1 is 1.22 bits per heavy atom. The number of piperidine rings is 1. The molecule has 3 heteroatoms. The summed E-state index contributed by atoms with van der Waals surface area (Å²) in [5, 5.41) is 0. The number of hydrogen-bond acceptors (Lipinski definition) is 3. The van der Waals surface area contributed by atoms with E-state index in [1.807, 2.05) is 12.3 Å². The molecule has 0 amide bonds. The Hall–Kier alpha value is -0.930. The predicted octanol–water partition coefficient (Wildman–Crippen LogP) is 2.31. The van der Waals surface area contributed by atoms with Gasteiger partial charge in [-0.25, -0.2) is 0 Å². The molecule has 2 saturated heterocycles. The third-order valence-electron chi connectivity index (χ3n) is 4.53. The Kier molecular flexibility index (Phi) is 3.62. The van der Waals surface area contributed by atoms with Crippen LogP contribution < -0.4 is 0 Å². The first kappa shape index (κ1) is 12.1. The van der Waals surface area contributed by atoms with Crippen LogP contribution in [0.15, 0.2) is 24.4 Å². The molecule has 3 nitrogen and oxygen atoms in total. The molecular formula is C15H23N3. The normalized spacial score (nSPS) is 27.7. The highest BCUT2D eigenvalue weighted by Gasteiger charge is 2.31. The van der Waals surface area contributed by atoms with Gasteiger partial charge in [-0.1, -0.05) is 12.5 Å². The molecule has 0 N–H and O–H groups in total. The van der Waals surface area contributed by atoms with Crippen molar-refractivity contribution >= 4 is 0 Å². The van der Waals surface area contributed by atoms with Gasteiger partial charge in [-0.3, -0.25) is 14.8 Å². The van der Waals surface area contributed by atoms with E-state index in [0.29, 0.717) is 6.04 Å². The minimum absolute atomic E-state index is 0.454. The maximum atomic E-state index is 4.50. The fraction of sp³-hybridized carbons (Fsp3) is 0.667. The minimum Gasteiger partial charge on any atom is -0.298 e.